The van der Waals surface area contributed by atoms with E-state index in [1.807, 2.05) is 0 Å². The number of hydrogen-bond acceptors (Lipinski definition) is 0. The molecule has 1 radical (unpaired) electrons. The largest absolute Gasteiger partial charge is 0.677 e. The smallest absolute Gasteiger partial charge is 0 e. The predicted molar refractivity (Wildman–Crippen MR) is 99.2 cm³/mol. The van der Waals surface area contributed by atoms with Gasteiger partial charge in [0.25, 0.3) is 0 Å². The molecule has 121 valence electrons. The molecule has 0 aromatic heterocycles. The summed E-state index contributed by atoms with van der Waals surface area (Å²) in [7, 11) is 0. The van der Waals surface area contributed by atoms with E-state index < -0.39 is 0 Å². The van der Waals surface area contributed by atoms with Crippen LogP contribution in [0.25, 0.3) is 22.6 Å². The minimum absolute atomic E-state index is 0. The van der Waals surface area contributed by atoms with Crippen molar-refractivity contribution in [3.63, 3.8) is 0 Å². The molecule has 24 heavy (non-hydrogen) atoms. The maximum Gasteiger partial charge on any atom is 0 e. The van der Waals surface area contributed by atoms with Crippen LogP contribution in [0.2, 0.25) is 0 Å². The number of fused-ring (bicyclic) bond motifs is 1. The second kappa shape index (κ2) is 7.45. The van der Waals surface area contributed by atoms with E-state index in [-0.39, 0.29) is 20.4 Å². The monoisotopic (exact) mass is 485 g/mol. The SMILES string of the molecule is [NH-]CCC1=C/C(=C\c2cccc3ccccc23)C2=C1CC=CC2.[Re]. The van der Waals surface area contributed by atoms with Gasteiger partial charge in [-0.1, -0.05) is 60.7 Å². The Labute approximate surface area is 157 Å². The minimum atomic E-state index is 0. The van der Waals surface area contributed by atoms with E-state index in [9.17, 15) is 0 Å². The van der Waals surface area contributed by atoms with Crippen molar-refractivity contribution in [1.29, 1.82) is 0 Å². The van der Waals surface area contributed by atoms with Crippen LogP contribution >= 0.6 is 0 Å². The molecule has 0 atom stereocenters. The molecule has 4 rings (SSSR count). The Bertz CT molecular complexity index is 878. The first-order valence-electron chi connectivity index (χ1n) is 8.29. The van der Waals surface area contributed by atoms with E-state index in [4.69, 9.17) is 5.73 Å². The standard InChI is InChI=1S/C22H20N.Re/c23-13-12-18-15-19(22-11-4-3-10-21(18)22)14-17-8-5-7-16-6-1-2-9-20(16)17;/h1-9,14-15,23H,10-13H2;/q-1;/b19-14+;. The van der Waals surface area contributed by atoms with E-state index in [1.165, 1.54) is 38.6 Å². The van der Waals surface area contributed by atoms with Crippen molar-refractivity contribution in [1.82, 2.24) is 0 Å². The summed E-state index contributed by atoms with van der Waals surface area (Å²) in [6, 6.07) is 15.1. The topological polar surface area (TPSA) is 23.8 Å². The molecule has 0 bridgehead atoms. The Morgan fingerprint density at radius 1 is 0.917 bits per heavy atom. The van der Waals surface area contributed by atoms with Crippen molar-refractivity contribution >= 4 is 16.8 Å². The van der Waals surface area contributed by atoms with Crippen molar-refractivity contribution in [3.05, 3.63) is 94.3 Å². The molecule has 0 aliphatic heterocycles. The second-order valence-electron chi connectivity index (χ2n) is 6.17. The van der Waals surface area contributed by atoms with E-state index in [1.54, 1.807) is 0 Å². The quantitative estimate of drug-likeness (QED) is 0.460. The van der Waals surface area contributed by atoms with Crippen LogP contribution in [0.15, 0.2) is 83.0 Å². The molecule has 0 saturated carbocycles. The third kappa shape index (κ3) is 3.10. The number of nitrogens with one attached hydrogen (secondary N) is 1. The summed E-state index contributed by atoms with van der Waals surface area (Å²) in [6.45, 7) is 0.466. The van der Waals surface area contributed by atoms with Crippen LogP contribution in [0, 0.1) is 0 Å². The number of benzene rings is 2. The van der Waals surface area contributed by atoms with Gasteiger partial charge in [0.2, 0.25) is 0 Å². The van der Waals surface area contributed by atoms with E-state index in [0.717, 1.165) is 19.3 Å². The van der Waals surface area contributed by atoms with Gasteiger partial charge in [0.1, 0.15) is 0 Å². The summed E-state index contributed by atoms with van der Waals surface area (Å²) >= 11 is 0. The summed E-state index contributed by atoms with van der Waals surface area (Å²) < 4.78 is 0. The molecule has 2 aromatic rings. The van der Waals surface area contributed by atoms with Gasteiger partial charge >= 0.3 is 0 Å². The fraction of sp³-hybridized carbons (Fsp3) is 0.182. The van der Waals surface area contributed by atoms with E-state index >= 15 is 0 Å². The molecule has 2 aliphatic rings. The molecule has 1 N–H and O–H groups in total. The normalized spacial score (nSPS) is 17.9. The zero-order valence-electron chi connectivity index (χ0n) is 13.6. The fourth-order valence-corrected chi connectivity index (χ4v) is 3.66. The van der Waals surface area contributed by atoms with Gasteiger partial charge in [-0.2, -0.15) is 0 Å². The maximum atomic E-state index is 7.57. The van der Waals surface area contributed by atoms with Crippen LogP contribution in [0.5, 0.6) is 0 Å². The van der Waals surface area contributed by atoms with Gasteiger partial charge in [0.05, 0.1) is 0 Å². The third-order valence-electron chi connectivity index (χ3n) is 4.77. The molecule has 0 amide bonds. The van der Waals surface area contributed by atoms with E-state index in [0.29, 0.717) is 6.54 Å². The molecule has 1 nitrogen and oxygen atoms in total. The van der Waals surface area contributed by atoms with Crippen LogP contribution in [-0.4, -0.2) is 6.54 Å². The first-order chi connectivity index (χ1) is 11.4. The van der Waals surface area contributed by atoms with Crippen molar-refractivity contribution < 1.29 is 20.4 Å². The number of hydrogen-bond donors (Lipinski definition) is 0. The number of rotatable bonds is 3. The fourth-order valence-electron chi connectivity index (χ4n) is 3.66. The van der Waals surface area contributed by atoms with Crippen molar-refractivity contribution in [2.24, 2.45) is 0 Å². The zero-order valence-corrected chi connectivity index (χ0v) is 16.3. The number of allylic oxidation sites excluding steroid dienone is 6. The Hall–Kier alpha value is -1.72. The average Bonchev–Trinajstić information content (AvgIpc) is 2.94. The van der Waals surface area contributed by atoms with Crippen LogP contribution in [0.3, 0.4) is 0 Å². The van der Waals surface area contributed by atoms with Gasteiger partial charge in [0.15, 0.2) is 0 Å². The summed E-state index contributed by atoms with van der Waals surface area (Å²) in [5.74, 6) is 0. The van der Waals surface area contributed by atoms with Gasteiger partial charge in [0, 0.05) is 20.4 Å². The van der Waals surface area contributed by atoms with Crippen molar-refractivity contribution in [2.45, 2.75) is 19.3 Å². The molecule has 0 spiro atoms. The first kappa shape index (κ1) is 17.1. The van der Waals surface area contributed by atoms with Crippen LogP contribution in [-0.2, 0) is 20.4 Å². The Kier molecular flexibility index (Phi) is 5.31. The summed E-state index contributed by atoms with van der Waals surface area (Å²) in [4.78, 5) is 0. The summed E-state index contributed by atoms with van der Waals surface area (Å²) in [5, 5.41) is 2.59. The van der Waals surface area contributed by atoms with Gasteiger partial charge in [-0.25, -0.2) is 0 Å². The molecule has 2 aromatic carbocycles. The zero-order chi connectivity index (χ0) is 15.6. The first-order valence-corrected chi connectivity index (χ1v) is 8.29. The maximum absolute atomic E-state index is 7.57. The Morgan fingerprint density at radius 2 is 1.67 bits per heavy atom. The molecule has 0 saturated heterocycles. The van der Waals surface area contributed by atoms with Crippen LogP contribution in [0.4, 0.5) is 0 Å². The van der Waals surface area contributed by atoms with Gasteiger partial charge in [-0.3, -0.25) is 0 Å². The molecule has 2 heteroatoms. The summed E-state index contributed by atoms with van der Waals surface area (Å²) in [5.41, 5.74) is 14.5. The molecule has 0 fully saturated rings. The van der Waals surface area contributed by atoms with Crippen molar-refractivity contribution in [2.75, 3.05) is 6.54 Å². The molecular weight excluding hydrogens is 464 g/mol. The van der Waals surface area contributed by atoms with E-state index in [2.05, 4.69) is 66.8 Å². The van der Waals surface area contributed by atoms with Gasteiger partial charge in [-0.05, 0) is 64.0 Å². The van der Waals surface area contributed by atoms with Crippen LogP contribution < -0.4 is 0 Å². The van der Waals surface area contributed by atoms with Gasteiger partial charge < -0.3 is 5.73 Å². The summed E-state index contributed by atoms with van der Waals surface area (Å²) in [6.07, 6.45) is 12.1. The molecule has 0 unspecified atom stereocenters. The predicted octanol–water partition coefficient (Wildman–Crippen LogP) is 6.25. The second-order valence-corrected chi connectivity index (χ2v) is 6.17. The van der Waals surface area contributed by atoms with Gasteiger partial charge in [-0.15, -0.1) is 6.54 Å². The molecular formula is C22H20NRe-. The molecule has 2 aliphatic carbocycles. The average molecular weight is 485 g/mol. The minimum Gasteiger partial charge on any atom is -0.677 e. The molecule has 0 heterocycles. The van der Waals surface area contributed by atoms with Crippen molar-refractivity contribution in [3.8, 4) is 0 Å². The Morgan fingerprint density at radius 3 is 2.50 bits per heavy atom. The Balaban J connectivity index is 0.00000169. The van der Waals surface area contributed by atoms with Crippen LogP contribution in [0.1, 0.15) is 24.8 Å². The third-order valence-corrected chi connectivity index (χ3v) is 4.77.